The van der Waals surface area contributed by atoms with Crippen molar-refractivity contribution < 1.29 is 0 Å². The molecule has 2 N–H and O–H groups in total. The standard InChI is InChI=1S/C27H34N8S/c1-21-9-12-34(13-10-21)24-18-25(35-16-14-33(15-17-35)23-7-3-2-4-8-23)31-26(30-24)32-27(36)29-20-22-6-5-11-28-19-22/h2-8,11,18-19,21H,9-10,12-17,20H2,1H3,(H2,29,30,31,32,36). The predicted molar refractivity (Wildman–Crippen MR) is 151 cm³/mol. The molecule has 36 heavy (non-hydrogen) atoms. The van der Waals surface area contributed by atoms with Crippen molar-refractivity contribution in [3.63, 3.8) is 0 Å². The van der Waals surface area contributed by atoms with Crippen LogP contribution in [0.2, 0.25) is 0 Å². The Hall–Kier alpha value is -3.46. The molecule has 0 unspecified atom stereocenters. The van der Waals surface area contributed by atoms with Crippen LogP contribution in [-0.4, -0.2) is 59.3 Å². The first-order valence-electron chi connectivity index (χ1n) is 12.8. The van der Waals surface area contributed by atoms with E-state index in [1.807, 2.05) is 18.3 Å². The molecule has 5 rings (SSSR count). The Bertz CT molecular complexity index is 1130. The van der Waals surface area contributed by atoms with Gasteiger partial charge in [-0.1, -0.05) is 31.2 Å². The first-order chi connectivity index (χ1) is 17.6. The molecule has 0 saturated carbocycles. The Balaban J connectivity index is 1.30. The van der Waals surface area contributed by atoms with Gasteiger partial charge in [0.1, 0.15) is 11.6 Å². The minimum atomic E-state index is 0.503. The molecule has 4 heterocycles. The zero-order valence-corrected chi connectivity index (χ0v) is 21.6. The second-order valence-corrected chi connectivity index (χ2v) is 9.96. The molecular formula is C27H34N8S. The van der Waals surface area contributed by atoms with Crippen LogP contribution in [0, 0.1) is 5.92 Å². The number of rotatable bonds is 6. The molecule has 0 atom stereocenters. The van der Waals surface area contributed by atoms with Gasteiger partial charge in [0.15, 0.2) is 5.11 Å². The summed E-state index contributed by atoms with van der Waals surface area (Å²) in [7, 11) is 0. The predicted octanol–water partition coefficient (Wildman–Crippen LogP) is 3.92. The average Bonchev–Trinajstić information content (AvgIpc) is 2.93. The third-order valence-corrected chi connectivity index (χ3v) is 7.18. The zero-order valence-electron chi connectivity index (χ0n) is 20.8. The first-order valence-corrected chi connectivity index (χ1v) is 13.2. The van der Waals surface area contributed by atoms with Gasteiger partial charge in [-0.05, 0) is 54.7 Å². The van der Waals surface area contributed by atoms with E-state index in [0.717, 1.165) is 62.4 Å². The summed E-state index contributed by atoms with van der Waals surface area (Å²) in [5.74, 6) is 3.21. The van der Waals surface area contributed by atoms with Crippen LogP contribution in [0.5, 0.6) is 0 Å². The van der Waals surface area contributed by atoms with Gasteiger partial charge in [-0.2, -0.15) is 9.97 Å². The maximum Gasteiger partial charge on any atom is 0.232 e. The first kappa shape index (κ1) is 24.2. The lowest BCUT2D eigenvalue weighted by Crippen LogP contribution is -2.47. The van der Waals surface area contributed by atoms with E-state index in [1.165, 1.54) is 18.5 Å². The van der Waals surface area contributed by atoms with Gasteiger partial charge in [-0.15, -0.1) is 0 Å². The second-order valence-electron chi connectivity index (χ2n) is 9.56. The molecule has 188 valence electrons. The van der Waals surface area contributed by atoms with Crippen LogP contribution in [-0.2, 0) is 6.54 Å². The monoisotopic (exact) mass is 502 g/mol. The second kappa shape index (κ2) is 11.5. The van der Waals surface area contributed by atoms with Gasteiger partial charge < -0.3 is 25.3 Å². The van der Waals surface area contributed by atoms with Crippen LogP contribution < -0.4 is 25.3 Å². The Morgan fingerprint density at radius 2 is 1.56 bits per heavy atom. The molecular weight excluding hydrogens is 468 g/mol. The Labute approximate surface area is 218 Å². The number of anilines is 4. The molecule has 2 aliphatic rings. The summed E-state index contributed by atoms with van der Waals surface area (Å²) >= 11 is 5.56. The highest BCUT2D eigenvalue weighted by molar-refractivity contribution is 7.80. The van der Waals surface area contributed by atoms with Crippen molar-refractivity contribution in [1.82, 2.24) is 20.3 Å². The highest BCUT2D eigenvalue weighted by atomic mass is 32.1. The van der Waals surface area contributed by atoms with Crippen LogP contribution >= 0.6 is 12.2 Å². The molecule has 8 nitrogen and oxygen atoms in total. The minimum absolute atomic E-state index is 0.503. The highest BCUT2D eigenvalue weighted by Crippen LogP contribution is 2.27. The van der Waals surface area contributed by atoms with Crippen LogP contribution in [0.3, 0.4) is 0 Å². The number of pyridine rings is 1. The number of hydrogen-bond acceptors (Lipinski definition) is 7. The summed E-state index contributed by atoms with van der Waals surface area (Å²) < 4.78 is 0. The van der Waals surface area contributed by atoms with Gasteiger partial charge in [-0.25, -0.2) is 0 Å². The molecule has 0 radical (unpaired) electrons. The molecule has 0 bridgehead atoms. The fourth-order valence-corrected chi connectivity index (χ4v) is 4.87. The number of nitrogens with zero attached hydrogens (tertiary/aromatic N) is 6. The quantitative estimate of drug-likeness (QED) is 0.488. The van der Waals surface area contributed by atoms with Gasteiger partial charge in [0.05, 0.1) is 0 Å². The van der Waals surface area contributed by atoms with Crippen LogP contribution in [0.4, 0.5) is 23.3 Å². The van der Waals surface area contributed by atoms with Crippen molar-refractivity contribution in [3.05, 3.63) is 66.5 Å². The largest absolute Gasteiger partial charge is 0.368 e. The number of aromatic nitrogens is 3. The Morgan fingerprint density at radius 1 is 0.889 bits per heavy atom. The summed E-state index contributed by atoms with van der Waals surface area (Å²) in [5.41, 5.74) is 2.34. The fourth-order valence-electron chi connectivity index (χ4n) is 4.70. The van der Waals surface area contributed by atoms with E-state index in [0.29, 0.717) is 17.6 Å². The molecule has 2 saturated heterocycles. The molecule has 0 amide bonds. The molecule has 0 aliphatic carbocycles. The minimum Gasteiger partial charge on any atom is -0.368 e. The van der Waals surface area contributed by atoms with Gasteiger partial charge in [0.25, 0.3) is 0 Å². The lowest BCUT2D eigenvalue weighted by atomic mass is 9.99. The highest BCUT2D eigenvalue weighted by Gasteiger charge is 2.23. The number of nitrogens with one attached hydrogen (secondary N) is 2. The van der Waals surface area contributed by atoms with Crippen LogP contribution in [0.1, 0.15) is 25.3 Å². The van der Waals surface area contributed by atoms with Crippen molar-refractivity contribution in [2.24, 2.45) is 5.92 Å². The number of para-hydroxylation sites is 1. The smallest absolute Gasteiger partial charge is 0.232 e. The lowest BCUT2D eigenvalue weighted by Gasteiger charge is -2.37. The van der Waals surface area contributed by atoms with Crippen molar-refractivity contribution in [2.75, 3.05) is 59.3 Å². The topological polar surface area (TPSA) is 72.5 Å². The third kappa shape index (κ3) is 6.20. The number of piperidine rings is 1. The third-order valence-electron chi connectivity index (χ3n) is 6.93. The average molecular weight is 503 g/mol. The molecule has 1 aromatic carbocycles. The van der Waals surface area contributed by atoms with E-state index < -0.39 is 0 Å². The maximum atomic E-state index is 5.56. The zero-order chi connectivity index (χ0) is 24.7. The van der Waals surface area contributed by atoms with Crippen LogP contribution in [0.15, 0.2) is 60.9 Å². The molecule has 9 heteroatoms. The van der Waals surface area contributed by atoms with E-state index in [9.17, 15) is 0 Å². The maximum absolute atomic E-state index is 5.56. The summed E-state index contributed by atoms with van der Waals surface area (Å²) in [4.78, 5) is 21.1. The van der Waals surface area contributed by atoms with E-state index in [2.05, 4.69) is 73.6 Å². The van der Waals surface area contributed by atoms with Gasteiger partial charge >= 0.3 is 0 Å². The summed E-state index contributed by atoms with van der Waals surface area (Å²) in [6.45, 7) is 8.69. The van der Waals surface area contributed by atoms with Gasteiger partial charge in [0.2, 0.25) is 5.95 Å². The van der Waals surface area contributed by atoms with Crippen LogP contribution in [0.25, 0.3) is 0 Å². The van der Waals surface area contributed by atoms with E-state index in [4.69, 9.17) is 22.2 Å². The van der Waals surface area contributed by atoms with Crippen molar-refractivity contribution in [2.45, 2.75) is 26.3 Å². The molecule has 0 spiro atoms. The molecule has 2 fully saturated rings. The number of piperazine rings is 1. The summed E-state index contributed by atoms with van der Waals surface area (Å²) in [6, 6.07) is 16.7. The van der Waals surface area contributed by atoms with Gasteiger partial charge in [-0.3, -0.25) is 4.98 Å². The SMILES string of the molecule is CC1CCN(c2cc(N3CCN(c4ccccc4)CC3)nc(NC(=S)NCc3cccnc3)n2)CC1. The number of benzene rings is 1. The summed E-state index contributed by atoms with van der Waals surface area (Å²) in [5, 5.41) is 6.97. The molecule has 3 aromatic rings. The van der Waals surface area contributed by atoms with E-state index in [-0.39, 0.29) is 0 Å². The van der Waals surface area contributed by atoms with E-state index >= 15 is 0 Å². The Morgan fingerprint density at radius 3 is 2.22 bits per heavy atom. The van der Waals surface area contributed by atoms with Crippen molar-refractivity contribution in [1.29, 1.82) is 0 Å². The fraction of sp³-hybridized carbons (Fsp3) is 0.407. The normalized spacial score (nSPS) is 16.6. The summed E-state index contributed by atoms with van der Waals surface area (Å²) in [6.07, 6.45) is 5.96. The number of hydrogen-bond donors (Lipinski definition) is 2. The molecule has 2 aliphatic heterocycles. The Kier molecular flexibility index (Phi) is 7.76. The van der Waals surface area contributed by atoms with Crippen molar-refractivity contribution >= 4 is 40.6 Å². The lowest BCUT2D eigenvalue weighted by molar-refractivity contribution is 0.436. The van der Waals surface area contributed by atoms with Gasteiger partial charge in [0, 0.05) is 70.0 Å². The van der Waals surface area contributed by atoms with Crippen molar-refractivity contribution in [3.8, 4) is 0 Å². The van der Waals surface area contributed by atoms with E-state index in [1.54, 1.807) is 6.20 Å². The molecule has 2 aromatic heterocycles. The number of thiocarbonyl (C=S) groups is 1.